The van der Waals surface area contributed by atoms with Crippen molar-refractivity contribution in [3.63, 3.8) is 0 Å². The van der Waals surface area contributed by atoms with Crippen LogP contribution >= 0.6 is 0 Å². The van der Waals surface area contributed by atoms with Crippen LogP contribution < -0.4 is 16.1 Å². The first-order chi connectivity index (χ1) is 29.4. The maximum Gasteiger partial charge on any atom is 0.325 e. The molecule has 1 unspecified atom stereocenters. The molecule has 6 N–H and O–H groups in total. The van der Waals surface area contributed by atoms with Crippen molar-refractivity contribution in [2.24, 2.45) is 23.7 Å². The Morgan fingerprint density at radius 3 is 2.25 bits per heavy atom. The number of methoxy groups -OCH3 is 1. The van der Waals surface area contributed by atoms with Crippen LogP contribution in [0.25, 0.3) is 0 Å². The predicted molar refractivity (Wildman–Crippen MR) is 228 cm³/mol. The van der Waals surface area contributed by atoms with E-state index in [-0.39, 0.29) is 36.8 Å². The van der Waals surface area contributed by atoms with Gasteiger partial charge in [0.2, 0.25) is 23.5 Å². The number of amides is 6. The predicted octanol–water partition coefficient (Wildman–Crippen LogP) is 0.477. The van der Waals surface area contributed by atoms with Crippen LogP contribution in [0.3, 0.4) is 0 Å². The second-order valence-electron chi connectivity index (χ2n) is 18.3. The average Bonchev–Trinajstić information content (AvgIpc) is 3.22. The highest BCUT2D eigenvalue weighted by Gasteiger charge is 2.58. The highest BCUT2D eigenvalue weighted by molar-refractivity contribution is 5.96. The Morgan fingerprint density at radius 2 is 1.63 bits per heavy atom. The number of hydrogen-bond acceptors (Lipinski definition) is 14. The molecule has 0 saturated carbocycles. The van der Waals surface area contributed by atoms with Crippen molar-refractivity contribution in [1.29, 1.82) is 0 Å². The van der Waals surface area contributed by atoms with Crippen molar-refractivity contribution in [2.45, 2.75) is 142 Å². The summed E-state index contributed by atoms with van der Waals surface area (Å²) in [5.41, 5.74) is 0.787. The molecule has 20 nitrogen and oxygen atoms in total. The van der Waals surface area contributed by atoms with E-state index < -0.39 is 115 Å². The molecular weight excluding hydrogens is 823 g/mol. The van der Waals surface area contributed by atoms with E-state index in [9.17, 15) is 49.0 Å². The van der Waals surface area contributed by atoms with E-state index in [1.165, 1.54) is 21.2 Å². The second-order valence-corrected chi connectivity index (χ2v) is 18.3. The van der Waals surface area contributed by atoms with Gasteiger partial charge >= 0.3 is 5.97 Å². The SMILES string of the molecule is CC[C@@H](C)C[C@H](C)C[C@H](C)C=C(C)[C@H]1OC(O)([C@](C)(O)C(=O)N[C@@H]2C(=O)N3NCCC[C@@H]3C(=O)N(O)CC(=O)N(C)CC(=O)NCC(=O)N(C)CC(=O)O[C@H]2C(C)C)CC[C@@H]1OC. The van der Waals surface area contributed by atoms with Crippen LogP contribution in [0.2, 0.25) is 0 Å². The summed E-state index contributed by atoms with van der Waals surface area (Å²) < 4.78 is 17.8. The molecule has 358 valence electrons. The highest BCUT2D eigenvalue weighted by atomic mass is 16.7. The van der Waals surface area contributed by atoms with Gasteiger partial charge in [0, 0.05) is 34.2 Å². The topological polar surface area (TPSA) is 257 Å². The Balaban J connectivity index is 2.04. The quantitative estimate of drug-likeness (QED) is 0.0886. The molecule has 3 fully saturated rings. The molecule has 3 saturated heterocycles. The van der Waals surface area contributed by atoms with Gasteiger partial charge in [-0.1, -0.05) is 54.0 Å². The fourth-order valence-corrected chi connectivity index (χ4v) is 8.34. The van der Waals surface area contributed by atoms with E-state index in [1.807, 2.05) is 13.0 Å². The van der Waals surface area contributed by atoms with Crippen LogP contribution in [0.5, 0.6) is 0 Å². The molecular formula is C43H73N7O13. The van der Waals surface area contributed by atoms with Gasteiger partial charge < -0.3 is 44.9 Å². The zero-order chi connectivity index (χ0) is 47.6. The molecule has 3 aliphatic heterocycles. The molecule has 3 aliphatic rings. The molecule has 0 aromatic carbocycles. The van der Waals surface area contributed by atoms with Gasteiger partial charge in [0.15, 0.2) is 5.60 Å². The van der Waals surface area contributed by atoms with E-state index in [0.29, 0.717) is 18.3 Å². The molecule has 0 radical (unpaired) electrons. The summed E-state index contributed by atoms with van der Waals surface area (Å²) in [6, 6.07) is -3.30. The zero-order valence-electron chi connectivity index (χ0n) is 39.0. The number of carbonyl (C=O) groups is 7. The van der Waals surface area contributed by atoms with Crippen molar-refractivity contribution in [1.82, 2.24) is 35.9 Å². The lowest BCUT2D eigenvalue weighted by atomic mass is 9.83. The van der Waals surface area contributed by atoms with Crippen LogP contribution in [0.15, 0.2) is 11.6 Å². The molecule has 0 bridgehead atoms. The number of ether oxygens (including phenoxy) is 3. The lowest BCUT2D eigenvalue weighted by Crippen LogP contribution is -2.70. The number of hydroxylamine groups is 2. The van der Waals surface area contributed by atoms with Crippen LogP contribution in [-0.2, 0) is 47.8 Å². The molecule has 10 atom stereocenters. The van der Waals surface area contributed by atoms with Gasteiger partial charge in [0.1, 0.15) is 37.4 Å². The van der Waals surface area contributed by atoms with E-state index >= 15 is 0 Å². The number of hydrazine groups is 1. The molecule has 0 aliphatic carbocycles. The van der Waals surface area contributed by atoms with Crippen LogP contribution in [0.4, 0.5) is 0 Å². The normalized spacial score (nSPS) is 29.4. The molecule has 0 aromatic heterocycles. The number of esters is 1. The molecule has 3 rings (SSSR count). The third kappa shape index (κ3) is 13.9. The maximum absolute atomic E-state index is 14.8. The van der Waals surface area contributed by atoms with Gasteiger partial charge in [-0.3, -0.25) is 43.8 Å². The largest absolute Gasteiger partial charge is 0.458 e. The standard InChI is InChI=1S/C43H73N7O13/c1-12-26(4)18-27(5)19-28(6)20-29(7)38-31(61-11)15-16-43(59,63-38)42(8,58)41(57)46-36-37(25(2)3)62-35(54)24-48(10)33(52)21-44-32(51)22-47(9)34(53)23-49(60)39(55)30-14-13-17-45-50(30)40(36)56/h20,25-28,30-31,36-38,45,58-60H,12-19,21-24H2,1-11H3,(H,44,51)(H,46,57)/t26-,27+,28+,30-,31+,36+,37+,38-,42-,43?/m1/s1. The minimum Gasteiger partial charge on any atom is -0.458 e. The third-order valence-corrected chi connectivity index (χ3v) is 12.4. The maximum atomic E-state index is 14.8. The number of nitrogens with one attached hydrogen (secondary N) is 3. The molecule has 0 spiro atoms. The molecule has 0 aromatic rings. The van der Waals surface area contributed by atoms with Crippen molar-refractivity contribution in [3.8, 4) is 0 Å². The van der Waals surface area contributed by atoms with Gasteiger partial charge in [0.05, 0.1) is 19.2 Å². The zero-order valence-corrected chi connectivity index (χ0v) is 39.0. The number of nitrogens with zero attached hydrogens (tertiary/aromatic N) is 4. The summed E-state index contributed by atoms with van der Waals surface area (Å²) in [4.78, 5) is 96.7. The number of carbonyl (C=O) groups excluding carboxylic acids is 7. The van der Waals surface area contributed by atoms with Crippen LogP contribution in [0.1, 0.15) is 100 Å². The minimum atomic E-state index is -2.76. The number of likely N-dealkylation sites (N-methyl/N-ethyl adjacent to an activating group) is 2. The lowest BCUT2D eigenvalue weighted by Gasteiger charge is -2.48. The molecule has 6 amide bonds. The number of rotatable bonds is 12. The summed E-state index contributed by atoms with van der Waals surface area (Å²) in [6.45, 7) is 12.3. The smallest absolute Gasteiger partial charge is 0.325 e. The number of allylic oxidation sites excluding steroid dienone is 1. The van der Waals surface area contributed by atoms with Crippen molar-refractivity contribution < 1.29 is 63.2 Å². The van der Waals surface area contributed by atoms with Gasteiger partial charge in [-0.25, -0.2) is 10.5 Å². The molecule has 20 heteroatoms. The summed E-state index contributed by atoms with van der Waals surface area (Å²) in [6.07, 6.45) is 2.43. The van der Waals surface area contributed by atoms with Gasteiger partial charge in [0.25, 0.3) is 17.7 Å². The summed E-state index contributed by atoms with van der Waals surface area (Å²) >= 11 is 0. The summed E-state index contributed by atoms with van der Waals surface area (Å²) in [5, 5.41) is 40.9. The van der Waals surface area contributed by atoms with Crippen LogP contribution in [-0.4, -0.2) is 172 Å². The van der Waals surface area contributed by atoms with Gasteiger partial charge in [-0.05, 0) is 75.2 Å². The Hall–Kier alpha value is -4.21. The monoisotopic (exact) mass is 896 g/mol. The average molecular weight is 896 g/mol. The van der Waals surface area contributed by atoms with Gasteiger partial charge in [-0.15, -0.1) is 0 Å². The summed E-state index contributed by atoms with van der Waals surface area (Å²) in [7, 11) is 4.03. The Morgan fingerprint density at radius 1 is 0.984 bits per heavy atom. The van der Waals surface area contributed by atoms with E-state index in [2.05, 4.69) is 43.8 Å². The minimum absolute atomic E-state index is 0.00357. The van der Waals surface area contributed by atoms with Crippen molar-refractivity contribution in [3.05, 3.63) is 11.6 Å². The Bertz CT molecular complexity index is 1680. The first kappa shape index (κ1) is 53.1. The first-order valence-electron chi connectivity index (χ1n) is 22.0. The van der Waals surface area contributed by atoms with E-state index in [4.69, 9.17) is 14.2 Å². The van der Waals surface area contributed by atoms with E-state index in [0.717, 1.165) is 46.6 Å². The fourth-order valence-electron chi connectivity index (χ4n) is 8.34. The molecule has 3 heterocycles. The number of cyclic esters (lactones) is 1. The lowest BCUT2D eigenvalue weighted by molar-refractivity contribution is -0.328. The number of aliphatic hydroxyl groups is 2. The Kier molecular flexibility index (Phi) is 19.5. The first-order valence-corrected chi connectivity index (χ1v) is 22.0. The highest BCUT2D eigenvalue weighted by Crippen LogP contribution is 2.39. The Labute approximate surface area is 371 Å². The van der Waals surface area contributed by atoms with Crippen molar-refractivity contribution >= 4 is 41.4 Å². The van der Waals surface area contributed by atoms with E-state index in [1.54, 1.807) is 13.8 Å². The van der Waals surface area contributed by atoms with Crippen LogP contribution in [0, 0.1) is 23.7 Å². The third-order valence-electron chi connectivity index (χ3n) is 12.4. The number of fused-ring (bicyclic) bond motifs is 1. The summed E-state index contributed by atoms with van der Waals surface area (Å²) in [5.74, 6) is -8.78. The van der Waals surface area contributed by atoms with Crippen molar-refractivity contribution in [2.75, 3.05) is 53.9 Å². The second kappa shape index (κ2) is 23.1. The fraction of sp³-hybridized carbons (Fsp3) is 0.791. The molecule has 63 heavy (non-hydrogen) atoms. The van der Waals surface area contributed by atoms with Gasteiger partial charge in [-0.2, -0.15) is 0 Å². The number of hydrogen-bond donors (Lipinski definition) is 6.